The summed E-state index contributed by atoms with van der Waals surface area (Å²) in [6.07, 6.45) is 8.15. The number of aromatic nitrogens is 2. The number of anilines is 1. The van der Waals surface area contributed by atoms with E-state index in [2.05, 4.69) is 20.3 Å². The number of nitrogens with zero attached hydrogens (tertiary/aromatic N) is 4. The molecule has 1 fully saturated rings. The number of carbonyl (C=O) groups excluding carboxylic acids is 2. The van der Waals surface area contributed by atoms with Gasteiger partial charge in [-0.2, -0.15) is 0 Å². The molecule has 1 aromatic carbocycles. The van der Waals surface area contributed by atoms with Crippen LogP contribution in [0.25, 0.3) is 0 Å². The van der Waals surface area contributed by atoms with E-state index >= 15 is 0 Å². The molecule has 3 heterocycles. The van der Waals surface area contributed by atoms with E-state index in [1.54, 1.807) is 41.8 Å². The van der Waals surface area contributed by atoms with Crippen molar-refractivity contribution in [2.45, 2.75) is 13.1 Å². The molecule has 1 saturated heterocycles. The van der Waals surface area contributed by atoms with Gasteiger partial charge in [0.1, 0.15) is 0 Å². The van der Waals surface area contributed by atoms with Crippen molar-refractivity contribution in [2.75, 3.05) is 5.32 Å². The Morgan fingerprint density at radius 3 is 2.34 bits per heavy atom. The molecule has 9 heteroatoms. The van der Waals surface area contributed by atoms with E-state index in [4.69, 9.17) is 0 Å². The summed E-state index contributed by atoms with van der Waals surface area (Å²) in [4.78, 5) is 40.2. The summed E-state index contributed by atoms with van der Waals surface area (Å²) in [5.41, 5.74) is 2.47. The lowest BCUT2D eigenvalue weighted by Crippen LogP contribution is -3.00. The zero-order chi connectivity index (χ0) is 21.5. The maximum Gasteiger partial charge on any atom is 0.267 e. The third-order valence-corrected chi connectivity index (χ3v) is 5.42. The second kappa shape index (κ2) is 11.4. The number of hydrogen-bond donors (Lipinski definition) is 1. The summed E-state index contributed by atoms with van der Waals surface area (Å²) in [5, 5.41) is 3.31. The van der Waals surface area contributed by atoms with E-state index in [0.717, 1.165) is 11.1 Å². The van der Waals surface area contributed by atoms with Crippen molar-refractivity contribution in [3.05, 3.63) is 101 Å². The number of carbonyl (C=O) groups is 2. The first-order valence-electron chi connectivity index (χ1n) is 9.59. The minimum Gasteiger partial charge on any atom is -1.00 e. The van der Waals surface area contributed by atoms with Gasteiger partial charge in [0, 0.05) is 36.6 Å². The number of amidine groups is 1. The number of para-hydroxylation sites is 1. The third kappa shape index (κ3) is 6.12. The van der Waals surface area contributed by atoms with E-state index in [9.17, 15) is 9.59 Å². The molecule has 0 spiro atoms. The highest BCUT2D eigenvalue weighted by molar-refractivity contribution is 8.18. The molecule has 0 aliphatic carbocycles. The molecule has 0 unspecified atom stereocenters. The Morgan fingerprint density at radius 2 is 1.69 bits per heavy atom. The molecule has 4 rings (SSSR count). The van der Waals surface area contributed by atoms with Crippen molar-refractivity contribution in [1.82, 2.24) is 14.9 Å². The van der Waals surface area contributed by atoms with Gasteiger partial charge in [-0.05, 0) is 47.2 Å². The van der Waals surface area contributed by atoms with Crippen LogP contribution < -0.4 is 22.3 Å². The molecule has 0 radical (unpaired) electrons. The second-order valence-corrected chi connectivity index (χ2v) is 7.69. The summed E-state index contributed by atoms with van der Waals surface area (Å²) in [6.45, 7) is 0.708. The van der Waals surface area contributed by atoms with Crippen LogP contribution in [0.15, 0.2) is 95.4 Å². The number of nitrogens with one attached hydrogen (secondary N) is 1. The highest BCUT2D eigenvalue weighted by atomic mass is 79.9. The monoisotopic (exact) mass is 508 g/mol. The van der Waals surface area contributed by atoms with Crippen LogP contribution in [0.4, 0.5) is 5.69 Å². The predicted molar refractivity (Wildman–Crippen MR) is 121 cm³/mol. The summed E-state index contributed by atoms with van der Waals surface area (Å²) >= 11 is 1.19. The maximum absolute atomic E-state index is 13.1. The van der Waals surface area contributed by atoms with Crippen LogP contribution in [0.1, 0.15) is 11.1 Å². The van der Waals surface area contributed by atoms with Gasteiger partial charge < -0.3 is 22.3 Å². The molecule has 2 amide bonds. The normalized spacial score (nSPS) is 15.6. The van der Waals surface area contributed by atoms with Gasteiger partial charge >= 0.3 is 0 Å². The largest absolute Gasteiger partial charge is 1.00 e. The quantitative estimate of drug-likeness (QED) is 0.493. The van der Waals surface area contributed by atoms with Gasteiger partial charge in [-0.3, -0.25) is 29.4 Å². The molecule has 0 saturated carbocycles. The third-order valence-electron chi connectivity index (χ3n) is 4.37. The van der Waals surface area contributed by atoms with E-state index in [1.807, 2.05) is 42.5 Å². The molecule has 0 bridgehead atoms. The van der Waals surface area contributed by atoms with Gasteiger partial charge in [-0.15, -0.1) is 0 Å². The van der Waals surface area contributed by atoms with Crippen LogP contribution in [0.3, 0.4) is 0 Å². The second-order valence-electron chi connectivity index (χ2n) is 6.68. The minimum absolute atomic E-state index is 0. The zero-order valence-corrected chi connectivity index (χ0v) is 19.3. The summed E-state index contributed by atoms with van der Waals surface area (Å²) in [7, 11) is 0. The van der Waals surface area contributed by atoms with Crippen LogP contribution in [0, 0.1) is 0 Å². The predicted octanol–water partition coefficient (Wildman–Crippen LogP) is 0.635. The number of amides is 2. The van der Waals surface area contributed by atoms with Gasteiger partial charge in [0.2, 0.25) is 5.91 Å². The van der Waals surface area contributed by atoms with Crippen molar-refractivity contribution in [3.8, 4) is 0 Å². The Balaban J connectivity index is 0.00000289. The molecule has 1 aliphatic rings. The topological polar surface area (TPSA) is 87.6 Å². The molecule has 1 N–H and O–H groups in total. The SMILES string of the molecule is O=C(/C=C1/SC(=NCc2cccnc2)N(Cc2cccnc2)C1=O)Nc1ccccc1.[Br-]. The van der Waals surface area contributed by atoms with E-state index in [0.29, 0.717) is 28.8 Å². The van der Waals surface area contributed by atoms with Crippen molar-refractivity contribution in [2.24, 2.45) is 4.99 Å². The molecule has 162 valence electrons. The highest BCUT2D eigenvalue weighted by Gasteiger charge is 2.34. The van der Waals surface area contributed by atoms with Gasteiger partial charge in [0.05, 0.1) is 18.0 Å². The maximum atomic E-state index is 13.1. The number of pyridine rings is 2. The lowest BCUT2D eigenvalue weighted by molar-refractivity contribution is -0.123. The fraction of sp³-hybridized carbons (Fsp3) is 0.0870. The molecule has 0 atom stereocenters. The summed E-state index contributed by atoms with van der Waals surface area (Å²) in [5.74, 6) is -0.626. The highest BCUT2D eigenvalue weighted by Crippen LogP contribution is 2.32. The average Bonchev–Trinajstić information content (AvgIpc) is 3.08. The van der Waals surface area contributed by atoms with Crippen LogP contribution in [0.5, 0.6) is 0 Å². The van der Waals surface area contributed by atoms with Crippen molar-refractivity contribution in [1.29, 1.82) is 0 Å². The molecule has 2 aromatic heterocycles. The van der Waals surface area contributed by atoms with Crippen LogP contribution in [0.2, 0.25) is 0 Å². The van der Waals surface area contributed by atoms with Gasteiger partial charge in [-0.1, -0.05) is 30.3 Å². The molecule has 1 aliphatic heterocycles. The Kier molecular flexibility index (Phi) is 8.29. The number of halogens is 1. The first-order valence-corrected chi connectivity index (χ1v) is 10.4. The lowest BCUT2D eigenvalue weighted by atomic mass is 10.2. The zero-order valence-electron chi connectivity index (χ0n) is 16.9. The fourth-order valence-electron chi connectivity index (χ4n) is 2.91. The Bertz CT molecular complexity index is 1120. The van der Waals surface area contributed by atoms with Gasteiger partial charge in [-0.25, -0.2) is 0 Å². The molecule has 7 nitrogen and oxygen atoms in total. The van der Waals surface area contributed by atoms with E-state index in [-0.39, 0.29) is 28.8 Å². The van der Waals surface area contributed by atoms with Crippen molar-refractivity contribution >= 4 is 34.4 Å². The van der Waals surface area contributed by atoms with Crippen LogP contribution >= 0.6 is 11.8 Å². The molecular weight excluding hydrogens is 490 g/mol. The van der Waals surface area contributed by atoms with E-state index in [1.165, 1.54) is 17.8 Å². The Hall–Kier alpha value is -3.30. The van der Waals surface area contributed by atoms with Crippen molar-refractivity contribution < 1.29 is 26.6 Å². The number of thioether (sulfide) groups is 1. The van der Waals surface area contributed by atoms with Crippen LogP contribution in [-0.4, -0.2) is 31.8 Å². The van der Waals surface area contributed by atoms with Crippen molar-refractivity contribution in [3.63, 3.8) is 0 Å². The minimum atomic E-state index is -0.364. The standard InChI is InChI=1S/C23H19N5O2S.BrH/c29-21(27-19-8-2-1-3-9-19)12-20-22(30)28(16-18-7-5-11-25-14-18)23(31-20)26-15-17-6-4-10-24-13-17;/h1-14H,15-16H2,(H,27,29);1H/p-1/b20-12+,26-23?;. The average molecular weight is 509 g/mol. The summed E-state index contributed by atoms with van der Waals surface area (Å²) in [6, 6.07) is 16.6. The number of aliphatic imine (C=N–C) groups is 1. The Labute approximate surface area is 200 Å². The molecule has 32 heavy (non-hydrogen) atoms. The smallest absolute Gasteiger partial charge is 0.267 e. The van der Waals surface area contributed by atoms with E-state index < -0.39 is 0 Å². The van der Waals surface area contributed by atoms with Crippen LogP contribution in [-0.2, 0) is 22.7 Å². The lowest BCUT2D eigenvalue weighted by Gasteiger charge is -2.15. The molecule has 3 aromatic rings. The van der Waals surface area contributed by atoms with Gasteiger partial charge in [0.15, 0.2) is 5.17 Å². The Morgan fingerprint density at radius 1 is 1.00 bits per heavy atom. The molecular formula is C23H19BrN5O2S-. The van der Waals surface area contributed by atoms with Gasteiger partial charge in [0.25, 0.3) is 5.91 Å². The summed E-state index contributed by atoms with van der Waals surface area (Å²) < 4.78 is 0. The first kappa shape index (κ1) is 23.4. The first-order chi connectivity index (χ1) is 15.2. The number of rotatable bonds is 6. The number of hydrogen-bond acceptors (Lipinski definition) is 6. The fourth-order valence-corrected chi connectivity index (χ4v) is 3.86. The number of benzene rings is 1.